The predicted octanol–water partition coefficient (Wildman–Crippen LogP) is 1.03. The summed E-state index contributed by atoms with van der Waals surface area (Å²) in [6.07, 6.45) is 0. The standard InChI is InChI=1S/C24H26F2N4O5/c1-15(30-20(32)14-29-22(34)17-6-4-3-5-7-17)21(33)28-13-19(31)23(35)27-12-16-8-10-18(11-9-16)24(2,25)26/h3-11,15H,12-14H2,1-2H3,(H,27,35)(H,28,33)(H,29,34)(H,30,32). The van der Waals surface area contributed by atoms with Crippen molar-refractivity contribution in [2.45, 2.75) is 32.4 Å². The maximum absolute atomic E-state index is 13.2. The zero-order valence-electron chi connectivity index (χ0n) is 19.2. The minimum absolute atomic E-state index is 0.0603. The number of carbonyl (C=O) groups is 5. The summed E-state index contributed by atoms with van der Waals surface area (Å²) in [5, 5.41) is 9.38. The fraction of sp³-hybridized carbons (Fsp3) is 0.292. The fourth-order valence-electron chi connectivity index (χ4n) is 2.81. The molecule has 4 amide bonds. The van der Waals surface area contributed by atoms with Crippen LogP contribution in [0.3, 0.4) is 0 Å². The molecule has 1 unspecified atom stereocenters. The lowest BCUT2D eigenvalue weighted by Gasteiger charge is -2.14. The molecule has 0 saturated carbocycles. The minimum atomic E-state index is -2.98. The second kappa shape index (κ2) is 12.4. The van der Waals surface area contributed by atoms with Gasteiger partial charge in [-0.25, -0.2) is 8.78 Å². The molecular formula is C24H26F2N4O5. The van der Waals surface area contributed by atoms with E-state index in [1.54, 1.807) is 30.3 Å². The molecule has 0 aliphatic carbocycles. The highest BCUT2D eigenvalue weighted by atomic mass is 19.3. The van der Waals surface area contributed by atoms with Gasteiger partial charge in [0.1, 0.15) is 6.04 Å². The Labute approximate surface area is 200 Å². The van der Waals surface area contributed by atoms with Gasteiger partial charge in [-0.2, -0.15) is 0 Å². The van der Waals surface area contributed by atoms with E-state index in [0.717, 1.165) is 6.92 Å². The van der Waals surface area contributed by atoms with Gasteiger partial charge >= 0.3 is 0 Å². The number of ketones is 1. The van der Waals surface area contributed by atoms with E-state index < -0.39 is 47.9 Å². The number of Topliss-reactive ketones (excluding diaryl/α,β-unsaturated/α-hetero) is 1. The average molecular weight is 488 g/mol. The van der Waals surface area contributed by atoms with Crippen LogP contribution in [0.25, 0.3) is 0 Å². The number of hydrogen-bond acceptors (Lipinski definition) is 5. The van der Waals surface area contributed by atoms with Crippen LogP contribution in [-0.2, 0) is 31.6 Å². The largest absolute Gasteiger partial charge is 0.347 e. The van der Waals surface area contributed by atoms with Crippen molar-refractivity contribution in [2.75, 3.05) is 13.1 Å². The average Bonchev–Trinajstić information content (AvgIpc) is 2.84. The lowest BCUT2D eigenvalue weighted by molar-refractivity contribution is -0.138. The van der Waals surface area contributed by atoms with Gasteiger partial charge < -0.3 is 21.3 Å². The number of benzene rings is 2. The number of nitrogens with one attached hydrogen (secondary N) is 4. The van der Waals surface area contributed by atoms with E-state index in [1.165, 1.54) is 31.2 Å². The SMILES string of the molecule is CC(NC(=O)CNC(=O)c1ccccc1)C(=O)NCC(=O)C(=O)NCc1ccc(C(C)(F)F)cc1. The van der Waals surface area contributed by atoms with Crippen LogP contribution in [0.15, 0.2) is 54.6 Å². The highest BCUT2D eigenvalue weighted by Gasteiger charge is 2.24. The molecule has 0 aromatic heterocycles. The summed E-state index contributed by atoms with van der Waals surface area (Å²) in [6.45, 7) is 1.13. The first kappa shape index (κ1) is 27.1. The van der Waals surface area contributed by atoms with Crippen LogP contribution in [0, 0.1) is 0 Å². The van der Waals surface area contributed by atoms with Crippen molar-refractivity contribution in [1.29, 1.82) is 0 Å². The van der Waals surface area contributed by atoms with Gasteiger partial charge in [0, 0.05) is 24.6 Å². The van der Waals surface area contributed by atoms with Gasteiger partial charge in [0.2, 0.25) is 17.6 Å². The lowest BCUT2D eigenvalue weighted by atomic mass is 10.1. The van der Waals surface area contributed by atoms with Gasteiger partial charge in [-0.3, -0.25) is 24.0 Å². The summed E-state index contributed by atoms with van der Waals surface area (Å²) in [7, 11) is 0. The van der Waals surface area contributed by atoms with Crippen molar-refractivity contribution in [3.05, 3.63) is 71.3 Å². The Morgan fingerprint density at radius 1 is 0.857 bits per heavy atom. The first-order chi connectivity index (χ1) is 16.5. The quantitative estimate of drug-likeness (QED) is 0.351. The summed E-state index contributed by atoms with van der Waals surface area (Å²) in [5.74, 6) is -6.64. The Morgan fingerprint density at radius 3 is 2.09 bits per heavy atom. The van der Waals surface area contributed by atoms with Gasteiger partial charge in [0.05, 0.1) is 13.1 Å². The fourth-order valence-corrected chi connectivity index (χ4v) is 2.81. The lowest BCUT2D eigenvalue weighted by Crippen LogP contribution is -2.49. The molecule has 9 nitrogen and oxygen atoms in total. The molecule has 2 aromatic carbocycles. The zero-order chi connectivity index (χ0) is 26.0. The Bertz CT molecular complexity index is 1070. The smallest absolute Gasteiger partial charge is 0.289 e. The van der Waals surface area contributed by atoms with Crippen molar-refractivity contribution in [1.82, 2.24) is 21.3 Å². The Kier molecular flexibility index (Phi) is 9.56. The van der Waals surface area contributed by atoms with E-state index in [9.17, 15) is 32.8 Å². The number of halogens is 2. The summed E-state index contributed by atoms with van der Waals surface area (Å²) in [6, 6.07) is 12.5. The van der Waals surface area contributed by atoms with Crippen molar-refractivity contribution in [3.63, 3.8) is 0 Å². The second-order valence-electron chi connectivity index (χ2n) is 7.75. The number of rotatable bonds is 11. The van der Waals surface area contributed by atoms with Gasteiger partial charge in [-0.1, -0.05) is 42.5 Å². The molecular weight excluding hydrogens is 462 g/mol. The molecule has 0 aliphatic rings. The van der Waals surface area contributed by atoms with E-state index >= 15 is 0 Å². The molecule has 0 fully saturated rings. The molecule has 0 saturated heterocycles. The van der Waals surface area contributed by atoms with Crippen LogP contribution >= 0.6 is 0 Å². The van der Waals surface area contributed by atoms with Crippen LogP contribution < -0.4 is 21.3 Å². The molecule has 2 aromatic rings. The molecule has 2 rings (SSSR count). The van der Waals surface area contributed by atoms with Crippen LogP contribution in [0.5, 0.6) is 0 Å². The molecule has 35 heavy (non-hydrogen) atoms. The topological polar surface area (TPSA) is 133 Å². The number of carbonyl (C=O) groups excluding carboxylic acids is 5. The van der Waals surface area contributed by atoms with Crippen molar-refractivity contribution < 1.29 is 32.8 Å². The predicted molar refractivity (Wildman–Crippen MR) is 122 cm³/mol. The van der Waals surface area contributed by atoms with Gasteiger partial charge in [0.15, 0.2) is 0 Å². The number of alkyl halides is 2. The summed E-state index contributed by atoms with van der Waals surface area (Å²) in [5.41, 5.74) is 0.715. The van der Waals surface area contributed by atoms with Gasteiger partial charge in [0.25, 0.3) is 17.7 Å². The monoisotopic (exact) mass is 488 g/mol. The Hall–Kier alpha value is -4.15. The van der Waals surface area contributed by atoms with Crippen LogP contribution in [0.1, 0.15) is 35.3 Å². The zero-order valence-corrected chi connectivity index (χ0v) is 19.2. The van der Waals surface area contributed by atoms with E-state index in [4.69, 9.17) is 0 Å². The van der Waals surface area contributed by atoms with E-state index in [-0.39, 0.29) is 18.7 Å². The molecule has 1 atom stereocenters. The number of amides is 4. The Balaban J connectivity index is 1.70. The Morgan fingerprint density at radius 2 is 1.49 bits per heavy atom. The van der Waals surface area contributed by atoms with Crippen molar-refractivity contribution in [2.24, 2.45) is 0 Å². The number of hydrogen-bond donors (Lipinski definition) is 4. The molecule has 0 aliphatic heterocycles. The van der Waals surface area contributed by atoms with Crippen LogP contribution in [0.4, 0.5) is 8.78 Å². The van der Waals surface area contributed by atoms with Crippen LogP contribution in [-0.4, -0.2) is 48.5 Å². The third-order valence-corrected chi connectivity index (χ3v) is 4.81. The molecule has 4 N–H and O–H groups in total. The maximum atomic E-state index is 13.2. The van der Waals surface area contributed by atoms with E-state index in [0.29, 0.717) is 11.1 Å². The third kappa shape index (κ3) is 8.95. The third-order valence-electron chi connectivity index (χ3n) is 4.81. The van der Waals surface area contributed by atoms with Crippen LogP contribution in [0.2, 0.25) is 0 Å². The summed E-state index contributed by atoms with van der Waals surface area (Å²) >= 11 is 0. The molecule has 0 bridgehead atoms. The molecule has 0 heterocycles. The normalized spacial score (nSPS) is 11.7. The van der Waals surface area contributed by atoms with Gasteiger partial charge in [-0.15, -0.1) is 0 Å². The van der Waals surface area contributed by atoms with Gasteiger partial charge in [-0.05, 0) is 24.6 Å². The first-order valence-corrected chi connectivity index (χ1v) is 10.7. The molecule has 11 heteroatoms. The first-order valence-electron chi connectivity index (χ1n) is 10.7. The van der Waals surface area contributed by atoms with Crippen molar-refractivity contribution in [3.8, 4) is 0 Å². The molecule has 0 radical (unpaired) electrons. The van der Waals surface area contributed by atoms with E-state index in [1.807, 2.05) is 0 Å². The summed E-state index contributed by atoms with van der Waals surface area (Å²) in [4.78, 5) is 59.9. The maximum Gasteiger partial charge on any atom is 0.289 e. The minimum Gasteiger partial charge on any atom is -0.347 e. The second-order valence-corrected chi connectivity index (χ2v) is 7.75. The molecule has 186 valence electrons. The van der Waals surface area contributed by atoms with Crippen molar-refractivity contribution >= 4 is 29.4 Å². The molecule has 0 spiro atoms. The highest BCUT2D eigenvalue weighted by Crippen LogP contribution is 2.26. The van der Waals surface area contributed by atoms with E-state index in [2.05, 4.69) is 21.3 Å². The summed E-state index contributed by atoms with van der Waals surface area (Å²) < 4.78 is 26.5. The highest BCUT2D eigenvalue weighted by molar-refractivity contribution is 6.37.